The van der Waals surface area contributed by atoms with E-state index in [2.05, 4.69) is 26.5 Å². The number of ether oxygens (including phenoxy) is 3. The van der Waals surface area contributed by atoms with Crippen molar-refractivity contribution < 1.29 is 19.0 Å². The average molecular weight is 405 g/mol. The monoisotopic (exact) mass is 404 g/mol. The summed E-state index contributed by atoms with van der Waals surface area (Å²) in [6, 6.07) is 12.8. The summed E-state index contributed by atoms with van der Waals surface area (Å²) >= 11 is 3.35. The van der Waals surface area contributed by atoms with E-state index in [0.29, 0.717) is 36.2 Å². The molecule has 0 radical (unpaired) electrons. The van der Waals surface area contributed by atoms with Crippen LogP contribution in [0.3, 0.4) is 0 Å². The van der Waals surface area contributed by atoms with Crippen LogP contribution >= 0.6 is 15.9 Å². The summed E-state index contributed by atoms with van der Waals surface area (Å²) < 4.78 is 17.3. The van der Waals surface area contributed by atoms with E-state index in [1.54, 1.807) is 19.1 Å². The zero-order valence-corrected chi connectivity index (χ0v) is 15.2. The van der Waals surface area contributed by atoms with Gasteiger partial charge < -0.3 is 14.2 Å². The van der Waals surface area contributed by atoms with Gasteiger partial charge in [-0.05, 0) is 43.3 Å². The molecular formula is C18H17BrN2O4. The van der Waals surface area contributed by atoms with Crippen LogP contribution in [0.5, 0.6) is 17.2 Å². The first-order valence-corrected chi connectivity index (χ1v) is 8.52. The highest BCUT2D eigenvalue weighted by Gasteiger charge is 2.12. The topological polar surface area (TPSA) is 69.2 Å². The number of fused-ring (bicyclic) bond motifs is 1. The van der Waals surface area contributed by atoms with E-state index in [-0.39, 0.29) is 12.5 Å². The lowest BCUT2D eigenvalue weighted by molar-refractivity contribution is -0.123. The predicted molar refractivity (Wildman–Crippen MR) is 97.4 cm³/mol. The van der Waals surface area contributed by atoms with Crippen molar-refractivity contribution in [1.29, 1.82) is 0 Å². The van der Waals surface area contributed by atoms with Crippen molar-refractivity contribution in [1.82, 2.24) is 5.43 Å². The van der Waals surface area contributed by atoms with E-state index in [1.807, 2.05) is 30.3 Å². The fraction of sp³-hybridized carbons (Fsp3) is 0.222. The van der Waals surface area contributed by atoms with Gasteiger partial charge in [0, 0.05) is 10.0 Å². The number of hydrogen-bond donors (Lipinski definition) is 1. The zero-order chi connectivity index (χ0) is 17.6. The Labute approximate surface area is 153 Å². The standard InChI is InChI=1S/C18H17BrN2O4/c1-12(13-5-6-16-17(9-13)24-8-7-23-16)20-21-18(22)11-25-15-4-2-3-14(19)10-15/h2-6,9-10H,7-8,11H2,1H3,(H,21,22)/b20-12+. The third kappa shape index (κ3) is 4.73. The van der Waals surface area contributed by atoms with Gasteiger partial charge >= 0.3 is 0 Å². The van der Waals surface area contributed by atoms with E-state index in [9.17, 15) is 4.79 Å². The number of hydrogen-bond acceptors (Lipinski definition) is 5. The second kappa shape index (κ2) is 8.02. The van der Waals surface area contributed by atoms with Gasteiger partial charge in [0.05, 0.1) is 5.71 Å². The second-order valence-electron chi connectivity index (χ2n) is 5.34. The number of hydrazone groups is 1. The first-order valence-electron chi connectivity index (χ1n) is 7.73. The third-order valence-electron chi connectivity index (χ3n) is 3.47. The third-order valence-corrected chi connectivity index (χ3v) is 3.97. The normalized spacial score (nSPS) is 13.3. The maximum absolute atomic E-state index is 11.9. The van der Waals surface area contributed by atoms with Gasteiger partial charge in [0.2, 0.25) is 0 Å². The molecule has 1 amide bonds. The van der Waals surface area contributed by atoms with Crippen LogP contribution in [0.1, 0.15) is 12.5 Å². The summed E-state index contributed by atoms with van der Waals surface area (Å²) in [4.78, 5) is 11.9. The summed E-state index contributed by atoms with van der Waals surface area (Å²) in [5, 5.41) is 4.10. The molecule has 0 atom stereocenters. The molecule has 0 aliphatic carbocycles. The highest BCUT2D eigenvalue weighted by atomic mass is 79.9. The highest BCUT2D eigenvalue weighted by molar-refractivity contribution is 9.10. The van der Waals surface area contributed by atoms with Gasteiger partial charge in [-0.2, -0.15) is 5.10 Å². The van der Waals surface area contributed by atoms with Gasteiger partial charge in [0.25, 0.3) is 5.91 Å². The fourth-order valence-electron chi connectivity index (χ4n) is 2.22. The van der Waals surface area contributed by atoms with Crippen molar-refractivity contribution in [3.8, 4) is 17.2 Å². The van der Waals surface area contributed by atoms with Crippen LogP contribution in [0.4, 0.5) is 0 Å². The Morgan fingerprint density at radius 2 is 2.00 bits per heavy atom. The number of nitrogens with one attached hydrogen (secondary N) is 1. The minimum atomic E-state index is -0.336. The molecule has 2 aromatic carbocycles. The summed E-state index contributed by atoms with van der Waals surface area (Å²) in [6.45, 7) is 2.76. The maximum Gasteiger partial charge on any atom is 0.277 e. The second-order valence-corrected chi connectivity index (χ2v) is 6.25. The molecule has 0 saturated heterocycles. The Morgan fingerprint density at radius 1 is 1.20 bits per heavy atom. The van der Waals surface area contributed by atoms with Gasteiger partial charge in [-0.25, -0.2) is 5.43 Å². The van der Waals surface area contributed by atoms with Crippen molar-refractivity contribution >= 4 is 27.5 Å². The lowest BCUT2D eigenvalue weighted by Gasteiger charge is -2.18. The SMILES string of the molecule is C/C(=N\NC(=O)COc1cccc(Br)c1)c1ccc2c(c1)OCCO2. The number of benzene rings is 2. The minimum Gasteiger partial charge on any atom is -0.486 e. The zero-order valence-electron chi connectivity index (χ0n) is 13.6. The molecule has 1 heterocycles. The molecule has 2 aromatic rings. The molecule has 25 heavy (non-hydrogen) atoms. The summed E-state index contributed by atoms with van der Waals surface area (Å²) in [5.41, 5.74) is 3.99. The number of rotatable bonds is 5. The van der Waals surface area contributed by atoms with Crippen molar-refractivity contribution in [3.63, 3.8) is 0 Å². The number of amides is 1. The number of nitrogens with zero attached hydrogens (tertiary/aromatic N) is 1. The van der Waals surface area contributed by atoms with E-state index in [1.165, 1.54) is 0 Å². The highest BCUT2D eigenvalue weighted by Crippen LogP contribution is 2.30. The van der Waals surface area contributed by atoms with Gasteiger partial charge in [-0.1, -0.05) is 22.0 Å². The van der Waals surface area contributed by atoms with Crippen LogP contribution in [-0.2, 0) is 4.79 Å². The van der Waals surface area contributed by atoms with Crippen LogP contribution in [0.2, 0.25) is 0 Å². The Bertz CT molecular complexity index is 807. The molecule has 6 nitrogen and oxygen atoms in total. The van der Waals surface area contributed by atoms with Gasteiger partial charge in [0.15, 0.2) is 18.1 Å². The molecular weight excluding hydrogens is 388 g/mol. The Kier molecular flexibility index (Phi) is 5.55. The Balaban J connectivity index is 1.56. The molecule has 1 aliphatic rings. The molecule has 0 bridgehead atoms. The quantitative estimate of drug-likeness (QED) is 0.613. The molecule has 0 spiro atoms. The van der Waals surface area contributed by atoms with Gasteiger partial charge in [-0.3, -0.25) is 4.79 Å². The average Bonchev–Trinajstić information content (AvgIpc) is 2.64. The number of carbonyl (C=O) groups excluding carboxylic acids is 1. The molecule has 0 fully saturated rings. The minimum absolute atomic E-state index is 0.117. The molecule has 3 rings (SSSR count). The summed E-state index contributed by atoms with van der Waals surface area (Å²) in [5.74, 6) is 1.67. The molecule has 1 aliphatic heterocycles. The van der Waals surface area contributed by atoms with Crippen LogP contribution in [0.25, 0.3) is 0 Å². The molecule has 1 N–H and O–H groups in total. The molecule has 0 aromatic heterocycles. The maximum atomic E-state index is 11.9. The van der Waals surface area contributed by atoms with Crippen LogP contribution in [-0.4, -0.2) is 31.4 Å². The summed E-state index contributed by atoms with van der Waals surface area (Å²) in [7, 11) is 0. The largest absolute Gasteiger partial charge is 0.486 e. The van der Waals surface area contributed by atoms with Crippen molar-refractivity contribution in [2.75, 3.05) is 19.8 Å². The number of halogens is 1. The fourth-order valence-corrected chi connectivity index (χ4v) is 2.60. The predicted octanol–water partition coefficient (Wildman–Crippen LogP) is 3.14. The molecule has 0 unspecified atom stereocenters. The van der Waals surface area contributed by atoms with Gasteiger partial charge in [0.1, 0.15) is 19.0 Å². The van der Waals surface area contributed by atoms with E-state index in [4.69, 9.17) is 14.2 Å². The molecule has 7 heteroatoms. The van der Waals surface area contributed by atoms with E-state index >= 15 is 0 Å². The van der Waals surface area contributed by atoms with Crippen LogP contribution in [0.15, 0.2) is 52.0 Å². The smallest absolute Gasteiger partial charge is 0.277 e. The number of carbonyl (C=O) groups is 1. The Hall–Kier alpha value is -2.54. The van der Waals surface area contributed by atoms with E-state index < -0.39 is 0 Å². The lowest BCUT2D eigenvalue weighted by atomic mass is 10.1. The van der Waals surface area contributed by atoms with Crippen LogP contribution < -0.4 is 19.6 Å². The first-order chi connectivity index (χ1) is 12.1. The van der Waals surface area contributed by atoms with Gasteiger partial charge in [-0.15, -0.1) is 0 Å². The Morgan fingerprint density at radius 3 is 2.80 bits per heavy atom. The van der Waals surface area contributed by atoms with Crippen LogP contribution in [0, 0.1) is 0 Å². The molecule has 0 saturated carbocycles. The summed E-state index contributed by atoms with van der Waals surface area (Å²) in [6.07, 6.45) is 0. The van der Waals surface area contributed by atoms with Crippen molar-refractivity contribution in [2.45, 2.75) is 6.92 Å². The molecule has 130 valence electrons. The first kappa shape index (κ1) is 17.3. The van der Waals surface area contributed by atoms with Crippen molar-refractivity contribution in [2.24, 2.45) is 5.10 Å². The van der Waals surface area contributed by atoms with E-state index in [0.717, 1.165) is 10.0 Å². The van der Waals surface area contributed by atoms with Crippen molar-refractivity contribution in [3.05, 3.63) is 52.5 Å². The lowest BCUT2D eigenvalue weighted by Crippen LogP contribution is -2.25.